The molecule has 0 bridgehead atoms. The van der Waals surface area contributed by atoms with Crippen molar-refractivity contribution in [3.05, 3.63) is 0 Å². The monoisotopic (exact) mass is 400 g/mol. The molecule has 1 saturated carbocycles. The minimum atomic E-state index is -0.247. The number of hydrogen-bond acceptors (Lipinski definition) is 6. The smallest absolute Gasteiger partial charge is 0.0262 e. The largest absolute Gasteiger partial charge is 0.355 e. The first-order valence-electron chi connectivity index (χ1n) is 9.23. The summed E-state index contributed by atoms with van der Waals surface area (Å²) in [5.41, 5.74) is 0. The Bertz CT molecular complexity index is 496. The summed E-state index contributed by atoms with van der Waals surface area (Å²) >= 11 is 4.04. The molecule has 0 aromatic carbocycles. The summed E-state index contributed by atoms with van der Waals surface area (Å²) in [6, 6.07) is 0. The summed E-state index contributed by atoms with van der Waals surface area (Å²) < 4.78 is 3.68. The van der Waals surface area contributed by atoms with Gasteiger partial charge in [-0.25, -0.2) is 0 Å². The fourth-order valence-corrected chi connectivity index (χ4v) is 3.41. The van der Waals surface area contributed by atoms with Crippen LogP contribution >= 0.6 is 22.0 Å². The van der Waals surface area contributed by atoms with Crippen LogP contribution in [0.3, 0.4) is 0 Å². The van der Waals surface area contributed by atoms with E-state index in [-0.39, 0.29) is 29.4 Å². The van der Waals surface area contributed by atoms with Crippen molar-refractivity contribution in [2.24, 2.45) is 16.5 Å². The van der Waals surface area contributed by atoms with Crippen molar-refractivity contribution in [2.75, 3.05) is 25.4 Å². The van der Waals surface area contributed by atoms with E-state index in [0.717, 1.165) is 32.1 Å². The van der Waals surface area contributed by atoms with Crippen LogP contribution in [-0.2, 0) is 14.4 Å². The number of nitrogens with one attached hydrogen (secondary N) is 3. The normalized spacial score (nSPS) is 19.8. The van der Waals surface area contributed by atoms with Gasteiger partial charge in [0.1, 0.15) is 0 Å². The SMILES string of the molecule is O=C(CCNCCCC(=O)[C@H]1CCCC[C@H]1C(=O)NB=NP)NCCS. The predicted octanol–water partition coefficient (Wildman–Crippen LogP) is 0.877. The predicted molar refractivity (Wildman–Crippen MR) is 110 cm³/mol. The summed E-state index contributed by atoms with van der Waals surface area (Å²) in [4.78, 5) is 36.2. The minimum absolute atomic E-state index is 0.00713. The minimum Gasteiger partial charge on any atom is -0.355 e. The summed E-state index contributed by atoms with van der Waals surface area (Å²) in [7, 11) is 3.51. The Hall–Kier alpha value is -0.785. The van der Waals surface area contributed by atoms with Gasteiger partial charge in [-0.1, -0.05) is 0 Å². The van der Waals surface area contributed by atoms with Gasteiger partial charge >= 0.3 is 129 Å². The van der Waals surface area contributed by atoms with Crippen LogP contribution < -0.4 is 15.9 Å². The first-order valence-corrected chi connectivity index (χ1v) is 10.4. The number of rotatable bonds is 12. The fraction of sp³-hybridized carbons (Fsp3) is 0.812. The van der Waals surface area contributed by atoms with Crippen molar-refractivity contribution in [1.29, 1.82) is 0 Å². The van der Waals surface area contributed by atoms with E-state index in [9.17, 15) is 14.4 Å². The van der Waals surface area contributed by atoms with Crippen LogP contribution in [-0.4, -0.2) is 50.2 Å². The Kier molecular flexibility index (Phi) is 12.8. The second-order valence-electron chi connectivity index (χ2n) is 6.43. The van der Waals surface area contributed by atoms with Crippen molar-refractivity contribution in [2.45, 2.75) is 44.9 Å². The zero-order valence-electron chi connectivity index (χ0n) is 15.2. The Morgan fingerprint density at radius 1 is 1.08 bits per heavy atom. The first kappa shape index (κ1) is 23.3. The van der Waals surface area contributed by atoms with Crippen LogP contribution in [0.2, 0.25) is 0 Å². The molecule has 0 radical (unpaired) electrons. The molecule has 0 aliphatic heterocycles. The van der Waals surface area contributed by atoms with Crippen LogP contribution in [0.1, 0.15) is 44.9 Å². The van der Waals surface area contributed by atoms with Gasteiger partial charge in [-0.3, -0.25) is 4.79 Å². The maximum Gasteiger partial charge on any atom is 0.0262 e. The van der Waals surface area contributed by atoms with Gasteiger partial charge in [0.2, 0.25) is 0 Å². The summed E-state index contributed by atoms with van der Waals surface area (Å²) in [5, 5.41) is 8.58. The molecule has 1 aliphatic rings. The molecule has 1 rings (SSSR count). The van der Waals surface area contributed by atoms with E-state index in [1.165, 1.54) is 7.21 Å². The third-order valence-electron chi connectivity index (χ3n) is 4.54. The molecular formula is C16H30BN4O3PS. The van der Waals surface area contributed by atoms with Gasteiger partial charge in [0.05, 0.1) is 0 Å². The third-order valence-corrected chi connectivity index (χ3v) is 4.91. The summed E-state index contributed by atoms with van der Waals surface area (Å²) in [5.74, 6) is 0.260. The van der Waals surface area contributed by atoms with Gasteiger partial charge in [0.15, 0.2) is 0 Å². The number of hydrogen-bond donors (Lipinski definition) is 4. The van der Waals surface area contributed by atoms with Gasteiger partial charge in [0.25, 0.3) is 0 Å². The van der Waals surface area contributed by atoms with E-state index in [2.05, 4.69) is 42.5 Å². The molecule has 3 N–H and O–H groups in total. The van der Waals surface area contributed by atoms with E-state index in [1.54, 1.807) is 0 Å². The van der Waals surface area contributed by atoms with Gasteiger partial charge in [0, 0.05) is 12.3 Å². The van der Waals surface area contributed by atoms with E-state index in [1.807, 2.05) is 0 Å². The third kappa shape index (κ3) is 9.24. The molecule has 0 aromatic heterocycles. The summed E-state index contributed by atoms with van der Waals surface area (Å²) in [6.45, 7) is 1.86. The second-order valence-corrected chi connectivity index (χ2v) is 7.17. The Morgan fingerprint density at radius 3 is 2.50 bits per heavy atom. The number of carbonyl (C=O) groups excluding carboxylic acids is 3. The quantitative estimate of drug-likeness (QED) is 0.169. The number of nitrogens with zero attached hydrogens (tertiary/aromatic N) is 1. The number of carbonyl (C=O) groups is 3. The molecule has 3 atom stereocenters. The molecule has 0 aromatic rings. The van der Waals surface area contributed by atoms with Crippen LogP contribution in [0.5, 0.6) is 0 Å². The average Bonchev–Trinajstić information content (AvgIpc) is 2.66. The number of thiol groups is 1. The molecule has 1 fully saturated rings. The molecule has 146 valence electrons. The maximum absolute atomic E-state index is 12.5. The second kappa shape index (κ2) is 14.3. The van der Waals surface area contributed by atoms with Gasteiger partial charge in [-0.15, -0.1) is 0 Å². The zero-order valence-corrected chi connectivity index (χ0v) is 17.3. The van der Waals surface area contributed by atoms with E-state index < -0.39 is 0 Å². The molecule has 10 heteroatoms. The van der Waals surface area contributed by atoms with Crippen LogP contribution in [0.25, 0.3) is 0 Å². The average molecular weight is 400 g/mol. The van der Waals surface area contributed by atoms with Gasteiger partial charge in [-0.05, 0) is 0 Å². The van der Waals surface area contributed by atoms with Crippen molar-refractivity contribution < 1.29 is 14.4 Å². The first-order chi connectivity index (χ1) is 12.6. The molecule has 1 unspecified atom stereocenters. The van der Waals surface area contributed by atoms with E-state index in [0.29, 0.717) is 38.2 Å². The molecule has 2 amide bonds. The molecular weight excluding hydrogens is 370 g/mol. The topological polar surface area (TPSA) is 99.7 Å². The van der Waals surface area contributed by atoms with Crippen molar-refractivity contribution in [1.82, 2.24) is 15.9 Å². The molecule has 0 heterocycles. The fourth-order valence-electron chi connectivity index (χ4n) is 3.22. The van der Waals surface area contributed by atoms with E-state index >= 15 is 0 Å². The van der Waals surface area contributed by atoms with Crippen LogP contribution in [0, 0.1) is 11.8 Å². The van der Waals surface area contributed by atoms with E-state index in [4.69, 9.17) is 0 Å². The molecule has 1 aliphatic carbocycles. The van der Waals surface area contributed by atoms with Crippen molar-refractivity contribution >= 4 is 46.8 Å². The summed E-state index contributed by atoms with van der Waals surface area (Å²) in [6.07, 6.45) is 5.12. The standard InChI is InChI=1S/C16H30BN4O3PS/c22-14(6-3-8-18-9-7-15(23)19-10-11-26)12-4-1-2-5-13(12)16(24)20-17-21-25/h12-13,18,26H,1-11,25H2,(H,19,23)(H,20,24)/t12-,13+/m0/s1. The number of amides is 2. The van der Waals surface area contributed by atoms with Crippen molar-refractivity contribution in [3.63, 3.8) is 0 Å². The molecule has 26 heavy (non-hydrogen) atoms. The Morgan fingerprint density at radius 2 is 1.81 bits per heavy atom. The number of ketones is 1. The molecule has 7 nitrogen and oxygen atoms in total. The van der Waals surface area contributed by atoms with Crippen LogP contribution in [0.15, 0.2) is 4.67 Å². The van der Waals surface area contributed by atoms with Crippen LogP contribution in [0.4, 0.5) is 0 Å². The number of Topliss-reactive ketones (excluding diaryl/α,β-unsaturated/α-hetero) is 1. The zero-order chi connectivity index (χ0) is 19.2. The molecule has 0 spiro atoms. The Labute approximate surface area is 164 Å². The molecule has 0 saturated heterocycles. The van der Waals surface area contributed by atoms with Gasteiger partial charge in [-0.2, -0.15) is 12.6 Å². The van der Waals surface area contributed by atoms with Crippen molar-refractivity contribution in [3.8, 4) is 0 Å². The van der Waals surface area contributed by atoms with Gasteiger partial charge < -0.3 is 5.32 Å². The Balaban J connectivity index is 2.25. The maximum atomic E-state index is 12.5.